The molecule has 0 unspecified atom stereocenters. The third-order valence-electron chi connectivity index (χ3n) is 2.88. The largest absolute Gasteiger partial charge is 0.489 e. The molecular formula is C18H17N3O3. The Kier molecular flexibility index (Phi) is 6.28. The van der Waals surface area contributed by atoms with Crippen LogP contribution in [0.25, 0.3) is 0 Å². The molecule has 0 fully saturated rings. The average molecular weight is 323 g/mol. The van der Waals surface area contributed by atoms with E-state index in [-0.39, 0.29) is 0 Å². The number of ether oxygens (including phenoxy) is 1. The molecule has 122 valence electrons. The van der Waals surface area contributed by atoms with Crippen LogP contribution in [0, 0.1) is 0 Å². The van der Waals surface area contributed by atoms with Crippen molar-refractivity contribution in [2.75, 3.05) is 11.9 Å². The monoisotopic (exact) mass is 323 g/mol. The summed E-state index contributed by atoms with van der Waals surface area (Å²) in [4.78, 5) is 23.4. The Hall–Kier alpha value is -3.41. The van der Waals surface area contributed by atoms with Gasteiger partial charge in [0.25, 0.3) is 0 Å². The summed E-state index contributed by atoms with van der Waals surface area (Å²) in [5, 5.41) is 6.25. The normalized spacial score (nSPS) is 10.2. The van der Waals surface area contributed by atoms with E-state index in [2.05, 4.69) is 22.4 Å². The number of anilines is 1. The molecule has 2 aromatic rings. The smallest absolute Gasteiger partial charge is 0.329 e. The molecule has 2 aromatic carbocycles. The number of nitrogens with one attached hydrogen (secondary N) is 2. The van der Waals surface area contributed by atoms with Crippen LogP contribution in [0.15, 0.2) is 72.4 Å². The number of hydrazone groups is 1. The van der Waals surface area contributed by atoms with Crippen molar-refractivity contribution in [3.63, 3.8) is 0 Å². The molecule has 0 spiro atoms. The van der Waals surface area contributed by atoms with Gasteiger partial charge < -0.3 is 10.1 Å². The van der Waals surface area contributed by atoms with Crippen molar-refractivity contribution >= 4 is 23.7 Å². The van der Waals surface area contributed by atoms with E-state index in [9.17, 15) is 9.59 Å². The van der Waals surface area contributed by atoms with E-state index in [1.807, 2.05) is 18.2 Å². The standard InChI is InChI=1S/C18H17N3O3/c1-2-12-24-16-11-7-6-8-14(16)13-19-21-18(23)17(22)20-15-9-4-3-5-10-15/h2-11,13H,1,12H2,(H,20,22)(H,21,23)/b19-13+. The molecule has 0 aliphatic carbocycles. The minimum atomic E-state index is -0.861. The fraction of sp³-hybridized carbons (Fsp3) is 0.0556. The molecule has 2 amide bonds. The molecule has 24 heavy (non-hydrogen) atoms. The lowest BCUT2D eigenvalue weighted by molar-refractivity contribution is -0.136. The number of amides is 2. The molecule has 0 heterocycles. The topological polar surface area (TPSA) is 79.8 Å². The van der Waals surface area contributed by atoms with Gasteiger partial charge in [-0.25, -0.2) is 5.43 Å². The molecule has 0 bridgehead atoms. The molecule has 0 saturated carbocycles. The predicted molar refractivity (Wildman–Crippen MR) is 92.9 cm³/mol. The highest BCUT2D eigenvalue weighted by Gasteiger charge is 2.12. The number of para-hydroxylation sites is 2. The first-order valence-electron chi connectivity index (χ1n) is 7.23. The number of hydrogen-bond donors (Lipinski definition) is 2. The molecule has 6 nitrogen and oxygen atoms in total. The lowest BCUT2D eigenvalue weighted by atomic mass is 10.2. The molecule has 0 aliphatic heterocycles. The van der Waals surface area contributed by atoms with Crippen molar-refractivity contribution in [1.82, 2.24) is 5.43 Å². The Morgan fingerprint density at radius 2 is 1.75 bits per heavy atom. The van der Waals surface area contributed by atoms with Gasteiger partial charge in [0.05, 0.1) is 6.21 Å². The van der Waals surface area contributed by atoms with Gasteiger partial charge in [0.15, 0.2) is 0 Å². The van der Waals surface area contributed by atoms with Gasteiger partial charge in [-0.2, -0.15) is 5.10 Å². The molecule has 0 aliphatic rings. The molecule has 2 rings (SSSR count). The third-order valence-corrected chi connectivity index (χ3v) is 2.88. The van der Waals surface area contributed by atoms with Crippen molar-refractivity contribution < 1.29 is 14.3 Å². The Balaban J connectivity index is 1.92. The van der Waals surface area contributed by atoms with E-state index in [1.54, 1.807) is 42.5 Å². The lowest BCUT2D eigenvalue weighted by Crippen LogP contribution is -2.32. The van der Waals surface area contributed by atoms with Crippen LogP contribution in [0.3, 0.4) is 0 Å². The number of hydrogen-bond acceptors (Lipinski definition) is 4. The Labute approximate surface area is 139 Å². The SMILES string of the molecule is C=CCOc1ccccc1/C=N/NC(=O)C(=O)Nc1ccccc1. The summed E-state index contributed by atoms with van der Waals surface area (Å²) in [6, 6.07) is 15.9. The molecular weight excluding hydrogens is 306 g/mol. The number of rotatable bonds is 6. The number of benzene rings is 2. The summed E-state index contributed by atoms with van der Waals surface area (Å²) in [6.07, 6.45) is 3.04. The summed E-state index contributed by atoms with van der Waals surface area (Å²) in [7, 11) is 0. The van der Waals surface area contributed by atoms with Crippen molar-refractivity contribution in [3.8, 4) is 5.75 Å². The maximum Gasteiger partial charge on any atom is 0.329 e. The van der Waals surface area contributed by atoms with Crippen LogP contribution in [-0.4, -0.2) is 24.6 Å². The summed E-state index contributed by atoms with van der Waals surface area (Å²) in [5.41, 5.74) is 3.38. The van der Waals surface area contributed by atoms with Crippen LogP contribution in [0.2, 0.25) is 0 Å². The highest BCUT2D eigenvalue weighted by Crippen LogP contribution is 2.15. The maximum atomic E-state index is 11.7. The van der Waals surface area contributed by atoms with Crippen LogP contribution in [-0.2, 0) is 9.59 Å². The van der Waals surface area contributed by atoms with E-state index in [1.165, 1.54) is 6.21 Å². The average Bonchev–Trinajstić information content (AvgIpc) is 2.61. The molecule has 0 atom stereocenters. The Morgan fingerprint density at radius 1 is 1.04 bits per heavy atom. The summed E-state index contributed by atoms with van der Waals surface area (Å²) >= 11 is 0. The highest BCUT2D eigenvalue weighted by molar-refractivity contribution is 6.39. The van der Waals surface area contributed by atoms with Crippen molar-refractivity contribution in [2.24, 2.45) is 5.10 Å². The Morgan fingerprint density at radius 3 is 2.50 bits per heavy atom. The van der Waals surface area contributed by atoms with Crippen LogP contribution < -0.4 is 15.5 Å². The van der Waals surface area contributed by atoms with Crippen LogP contribution in [0.4, 0.5) is 5.69 Å². The number of carbonyl (C=O) groups is 2. The summed E-state index contributed by atoms with van der Waals surface area (Å²) in [5.74, 6) is -1.06. The second-order valence-electron chi connectivity index (χ2n) is 4.66. The van der Waals surface area contributed by atoms with Gasteiger partial charge in [-0.1, -0.05) is 43.0 Å². The first kappa shape index (κ1) is 17.0. The van der Waals surface area contributed by atoms with Gasteiger partial charge >= 0.3 is 11.8 Å². The van der Waals surface area contributed by atoms with Gasteiger partial charge in [0.2, 0.25) is 0 Å². The maximum absolute atomic E-state index is 11.7. The second-order valence-corrected chi connectivity index (χ2v) is 4.66. The van der Waals surface area contributed by atoms with Gasteiger partial charge in [0, 0.05) is 11.3 Å². The van der Waals surface area contributed by atoms with Crippen LogP contribution >= 0.6 is 0 Å². The van der Waals surface area contributed by atoms with Crippen molar-refractivity contribution in [2.45, 2.75) is 0 Å². The number of nitrogens with zero attached hydrogens (tertiary/aromatic N) is 1. The first-order chi connectivity index (χ1) is 11.7. The Bertz CT molecular complexity index is 742. The zero-order valence-corrected chi connectivity index (χ0v) is 12.9. The van der Waals surface area contributed by atoms with Gasteiger partial charge in [-0.15, -0.1) is 0 Å². The molecule has 0 radical (unpaired) electrons. The molecule has 6 heteroatoms. The van der Waals surface area contributed by atoms with E-state index in [4.69, 9.17) is 4.74 Å². The van der Waals surface area contributed by atoms with Crippen molar-refractivity contribution in [3.05, 3.63) is 72.8 Å². The lowest BCUT2D eigenvalue weighted by Gasteiger charge is -2.06. The molecule has 0 aromatic heterocycles. The van der Waals surface area contributed by atoms with Crippen LogP contribution in [0.5, 0.6) is 5.75 Å². The fourth-order valence-corrected chi connectivity index (χ4v) is 1.79. The minimum Gasteiger partial charge on any atom is -0.489 e. The zero-order chi connectivity index (χ0) is 17.2. The summed E-state index contributed by atoms with van der Waals surface area (Å²) < 4.78 is 5.47. The van der Waals surface area contributed by atoms with E-state index >= 15 is 0 Å². The van der Waals surface area contributed by atoms with Gasteiger partial charge in [-0.3, -0.25) is 9.59 Å². The third kappa shape index (κ3) is 5.10. The second kappa shape index (κ2) is 8.89. The molecule has 0 saturated heterocycles. The summed E-state index contributed by atoms with van der Waals surface area (Å²) in [6.45, 7) is 3.94. The molecule has 2 N–H and O–H groups in total. The van der Waals surface area contributed by atoms with Gasteiger partial charge in [0.1, 0.15) is 12.4 Å². The minimum absolute atomic E-state index is 0.358. The first-order valence-corrected chi connectivity index (χ1v) is 7.23. The van der Waals surface area contributed by atoms with E-state index in [0.29, 0.717) is 23.6 Å². The predicted octanol–water partition coefficient (Wildman–Crippen LogP) is 2.34. The van der Waals surface area contributed by atoms with E-state index in [0.717, 1.165) is 0 Å². The quantitative estimate of drug-likeness (QED) is 0.371. The fourth-order valence-electron chi connectivity index (χ4n) is 1.79. The van der Waals surface area contributed by atoms with E-state index < -0.39 is 11.8 Å². The highest BCUT2D eigenvalue weighted by atomic mass is 16.5. The van der Waals surface area contributed by atoms with Crippen LogP contribution in [0.1, 0.15) is 5.56 Å². The van der Waals surface area contributed by atoms with Gasteiger partial charge in [-0.05, 0) is 24.3 Å². The van der Waals surface area contributed by atoms with Crippen molar-refractivity contribution in [1.29, 1.82) is 0 Å². The number of carbonyl (C=O) groups excluding carboxylic acids is 2. The zero-order valence-electron chi connectivity index (χ0n) is 12.9.